The molecule has 6 aliphatic carbocycles. The second kappa shape index (κ2) is 9.36. The van der Waals surface area contributed by atoms with E-state index in [9.17, 15) is 29.7 Å². The van der Waals surface area contributed by atoms with E-state index < -0.39 is 46.3 Å². The molecule has 0 aromatic heterocycles. The van der Waals surface area contributed by atoms with Gasteiger partial charge in [-0.3, -0.25) is 29.0 Å². The minimum atomic E-state index is -0.545. The minimum Gasteiger partial charge on any atom is -0.274 e. The molecule has 4 fully saturated rings. The Morgan fingerprint density at radius 3 is 1.43 bits per heavy atom. The zero-order valence-electron chi connectivity index (χ0n) is 24.7. The maximum atomic E-state index is 14.2. The number of nitrogens with zero attached hydrogens (tertiary/aromatic N) is 4. The maximum Gasteiger partial charge on any atom is 0.234 e. The Labute approximate surface area is 265 Å². The van der Waals surface area contributed by atoms with Crippen LogP contribution in [0.25, 0.3) is 0 Å². The van der Waals surface area contributed by atoms with Gasteiger partial charge in [-0.1, -0.05) is 26.0 Å². The van der Waals surface area contributed by atoms with E-state index in [-0.39, 0.29) is 47.3 Å². The fourth-order valence-corrected chi connectivity index (χ4v) is 13.9. The van der Waals surface area contributed by atoms with Gasteiger partial charge in [0.25, 0.3) is 0 Å². The van der Waals surface area contributed by atoms with Crippen LogP contribution in [0.4, 0.5) is 0 Å². The van der Waals surface area contributed by atoms with Crippen molar-refractivity contribution in [1.29, 1.82) is 10.5 Å². The van der Waals surface area contributed by atoms with Gasteiger partial charge in [0.15, 0.2) is 0 Å². The maximum absolute atomic E-state index is 14.2. The monoisotopic (exact) mass is 626 g/mol. The van der Waals surface area contributed by atoms with Crippen molar-refractivity contribution in [2.75, 3.05) is 0 Å². The van der Waals surface area contributed by atoms with E-state index in [1.165, 1.54) is 43.1 Å². The van der Waals surface area contributed by atoms with Crippen LogP contribution in [0.15, 0.2) is 33.1 Å². The molecule has 10 aliphatic rings. The number of allylic oxidation sites excluding steroid dienone is 4. The number of carbonyl (C=O) groups is 4. The average Bonchev–Trinajstić information content (AvgIpc) is 3.66. The normalized spacial score (nSPS) is 48.2. The third kappa shape index (κ3) is 3.27. The zero-order valence-corrected chi connectivity index (χ0v) is 26.4. The first kappa shape index (κ1) is 27.5. The van der Waals surface area contributed by atoms with Crippen molar-refractivity contribution >= 4 is 47.2 Å². The first-order valence-corrected chi connectivity index (χ1v) is 18.0. The summed E-state index contributed by atoms with van der Waals surface area (Å²) < 4.78 is 0. The Balaban J connectivity index is 1.00. The molecule has 8 nitrogen and oxygen atoms in total. The fourth-order valence-electron chi connectivity index (χ4n) is 10.7. The number of fused-ring (bicyclic) bond motifs is 1. The number of likely N-dealkylation sites (tertiary alicyclic amines) is 2. The van der Waals surface area contributed by atoms with Crippen molar-refractivity contribution in [3.63, 3.8) is 0 Å². The minimum absolute atomic E-state index is 0.154. The Morgan fingerprint density at radius 2 is 1.05 bits per heavy atom. The lowest BCUT2D eigenvalue weighted by Gasteiger charge is -2.60. The van der Waals surface area contributed by atoms with Gasteiger partial charge in [0.05, 0.1) is 47.6 Å². The van der Waals surface area contributed by atoms with Crippen LogP contribution in [-0.2, 0) is 19.2 Å². The molecule has 2 saturated carbocycles. The van der Waals surface area contributed by atoms with Crippen LogP contribution in [0.3, 0.4) is 0 Å². The lowest BCUT2D eigenvalue weighted by Crippen LogP contribution is -2.63. The zero-order chi connectivity index (χ0) is 30.3. The first-order chi connectivity index (χ1) is 21.2. The molecular weight excluding hydrogens is 593 g/mol. The first-order valence-electron chi connectivity index (χ1n) is 16.2. The number of amides is 4. The molecule has 2 saturated heterocycles. The smallest absolute Gasteiger partial charge is 0.234 e. The highest BCUT2D eigenvalue weighted by atomic mass is 32.2. The summed E-state index contributed by atoms with van der Waals surface area (Å²) in [7, 11) is 0. The molecule has 0 spiro atoms. The molecule has 0 aromatic rings. The molecule has 10 rings (SSSR count). The van der Waals surface area contributed by atoms with Gasteiger partial charge >= 0.3 is 0 Å². The summed E-state index contributed by atoms with van der Waals surface area (Å²) in [5, 5.41) is 19.3. The number of thioether (sulfide) groups is 2. The largest absolute Gasteiger partial charge is 0.274 e. The molecule has 4 aliphatic heterocycles. The van der Waals surface area contributed by atoms with Crippen LogP contribution in [0.5, 0.6) is 0 Å². The fraction of sp³-hybridized carbons (Fsp3) is 0.647. The Hall–Kier alpha value is -2.82. The second-order valence-electron chi connectivity index (χ2n) is 14.7. The SMILES string of the molecule is C[C@@H]1CCC2=C(C1)[C@H](C#N)[C@H](N1C(=O)[C@@H]3[C@@H]4C=C[C@@H]([C@@H]3C1=O)[C@H]1[C@H]3C(=O)N([C@H]5SC6=C(C[C@@H](C)CC6)[C@H]5C#N)C(=O)[C@@H]3[C@H]41)S2. The predicted molar refractivity (Wildman–Crippen MR) is 162 cm³/mol. The molecule has 0 N–H and O–H groups in total. The van der Waals surface area contributed by atoms with Crippen LogP contribution in [0, 0.1) is 93.7 Å². The molecule has 0 radical (unpaired) electrons. The van der Waals surface area contributed by atoms with Crippen molar-refractivity contribution in [3.05, 3.63) is 33.1 Å². The summed E-state index contributed by atoms with van der Waals surface area (Å²) in [6, 6.07) is 4.88. The predicted octanol–water partition coefficient (Wildman–Crippen LogP) is 4.82. The Kier molecular flexibility index (Phi) is 5.85. The van der Waals surface area contributed by atoms with E-state index in [2.05, 4.69) is 26.0 Å². The van der Waals surface area contributed by atoms with Gasteiger partial charge < -0.3 is 0 Å². The standard InChI is InChI=1S/C34H34N4O4S2/c1-13-3-7-21-17(9-13)19(11-35)33(43-21)37-29(39)25-15-5-6-16(26(25)30(37)40)24-23(15)27-28(24)32(42)38(31(27)41)34-20(12-36)18-10-14(2)4-8-22(18)44-34/h5-6,13-16,19-20,23-28,33-34H,3-4,7-10H2,1-2H3/t13-,14+,15-,16-,19+,20-,23-,24-,25-,26+,27-,28-,33-,34+/m1/s1. The Morgan fingerprint density at radius 1 is 0.659 bits per heavy atom. The number of carbonyl (C=O) groups excluding carboxylic acids is 4. The third-order valence-electron chi connectivity index (χ3n) is 12.6. The van der Waals surface area contributed by atoms with Gasteiger partial charge in [-0.05, 0) is 95.0 Å². The van der Waals surface area contributed by atoms with Gasteiger partial charge in [0.2, 0.25) is 23.6 Å². The average molecular weight is 627 g/mol. The number of nitriles is 2. The van der Waals surface area contributed by atoms with Crippen LogP contribution in [0.2, 0.25) is 0 Å². The van der Waals surface area contributed by atoms with Crippen molar-refractivity contribution in [2.45, 2.75) is 63.1 Å². The molecule has 44 heavy (non-hydrogen) atoms. The summed E-state index contributed by atoms with van der Waals surface area (Å²) in [5.41, 5.74) is 2.21. The number of rotatable bonds is 2. The topological polar surface area (TPSA) is 122 Å². The molecule has 2 bridgehead atoms. The lowest BCUT2D eigenvalue weighted by atomic mass is 9.40. The van der Waals surface area contributed by atoms with Crippen LogP contribution in [-0.4, -0.2) is 44.2 Å². The number of hydrogen-bond donors (Lipinski definition) is 0. The molecule has 0 unspecified atom stereocenters. The molecule has 4 amide bonds. The highest BCUT2D eigenvalue weighted by Crippen LogP contribution is 2.69. The van der Waals surface area contributed by atoms with Gasteiger partial charge in [0.1, 0.15) is 10.7 Å². The third-order valence-corrected chi connectivity index (χ3v) is 15.6. The quantitative estimate of drug-likeness (QED) is 0.316. The van der Waals surface area contributed by atoms with Gasteiger partial charge in [-0.2, -0.15) is 10.5 Å². The number of hydrogen-bond acceptors (Lipinski definition) is 8. The summed E-state index contributed by atoms with van der Waals surface area (Å²) in [6.07, 6.45) is 9.65. The van der Waals surface area contributed by atoms with Crippen LogP contribution in [0.1, 0.15) is 52.4 Å². The molecule has 226 valence electrons. The van der Waals surface area contributed by atoms with Gasteiger partial charge in [0, 0.05) is 0 Å². The van der Waals surface area contributed by atoms with Crippen molar-refractivity contribution in [3.8, 4) is 12.1 Å². The van der Waals surface area contributed by atoms with E-state index >= 15 is 0 Å². The van der Waals surface area contributed by atoms with Crippen molar-refractivity contribution in [1.82, 2.24) is 9.80 Å². The van der Waals surface area contributed by atoms with Gasteiger partial charge in [-0.15, -0.1) is 23.5 Å². The van der Waals surface area contributed by atoms with Crippen LogP contribution < -0.4 is 0 Å². The second-order valence-corrected chi connectivity index (χ2v) is 17.1. The Bertz CT molecular complexity index is 1580. The van der Waals surface area contributed by atoms with E-state index in [0.717, 1.165) is 49.7 Å². The molecular formula is C34H34N4O4S2. The summed E-state index contributed by atoms with van der Waals surface area (Å²) in [6.45, 7) is 4.38. The summed E-state index contributed by atoms with van der Waals surface area (Å²) >= 11 is 3.07. The van der Waals surface area contributed by atoms with E-state index in [1.807, 2.05) is 12.2 Å². The van der Waals surface area contributed by atoms with Crippen LogP contribution >= 0.6 is 23.5 Å². The van der Waals surface area contributed by atoms with E-state index in [4.69, 9.17) is 0 Å². The van der Waals surface area contributed by atoms with Crippen molar-refractivity contribution < 1.29 is 19.2 Å². The lowest BCUT2D eigenvalue weighted by molar-refractivity contribution is -0.166. The highest BCUT2D eigenvalue weighted by Gasteiger charge is 2.76. The molecule has 14 atom stereocenters. The summed E-state index contributed by atoms with van der Waals surface area (Å²) in [4.78, 5) is 61.9. The molecule has 0 aromatic carbocycles. The van der Waals surface area contributed by atoms with Crippen molar-refractivity contribution in [2.24, 2.45) is 71.0 Å². The van der Waals surface area contributed by atoms with Gasteiger partial charge in [-0.25, -0.2) is 0 Å². The molecule has 4 heterocycles. The number of imide groups is 2. The van der Waals surface area contributed by atoms with E-state index in [0.29, 0.717) is 11.8 Å². The molecule has 10 heteroatoms. The highest BCUT2D eigenvalue weighted by molar-refractivity contribution is 8.04. The summed E-state index contributed by atoms with van der Waals surface area (Å²) in [5.74, 6) is -3.74. The van der Waals surface area contributed by atoms with E-state index in [1.54, 1.807) is 0 Å².